The molecule has 1 heterocycles. The third-order valence-corrected chi connectivity index (χ3v) is 4.25. The van der Waals surface area contributed by atoms with Crippen LogP contribution in [0.3, 0.4) is 0 Å². The maximum absolute atomic E-state index is 13.0. The SMILES string of the molecule is CN(Cc1coc(-c2ccc(F)cc2)n1)Cc1ccccc1Br. The molecule has 0 N–H and O–H groups in total. The van der Waals surface area contributed by atoms with Crippen LogP contribution in [0.25, 0.3) is 11.5 Å². The molecule has 0 saturated carbocycles. The maximum Gasteiger partial charge on any atom is 0.226 e. The second-order valence-corrected chi connectivity index (χ2v) is 6.27. The largest absolute Gasteiger partial charge is 0.444 e. The molecule has 0 aliphatic rings. The summed E-state index contributed by atoms with van der Waals surface area (Å²) in [6, 6.07) is 14.3. The molecular weight excluding hydrogens is 359 g/mol. The molecule has 0 fully saturated rings. The molecule has 3 rings (SSSR count). The second-order valence-electron chi connectivity index (χ2n) is 5.41. The van der Waals surface area contributed by atoms with Crippen LogP contribution < -0.4 is 0 Å². The summed E-state index contributed by atoms with van der Waals surface area (Å²) < 4.78 is 19.5. The normalized spacial score (nSPS) is 11.1. The first-order valence-electron chi connectivity index (χ1n) is 7.24. The Morgan fingerprint density at radius 3 is 2.57 bits per heavy atom. The molecule has 0 aliphatic carbocycles. The Morgan fingerprint density at radius 2 is 1.83 bits per heavy atom. The van der Waals surface area contributed by atoms with E-state index in [1.165, 1.54) is 17.7 Å². The van der Waals surface area contributed by atoms with Crippen molar-refractivity contribution in [3.05, 3.63) is 76.3 Å². The van der Waals surface area contributed by atoms with Crippen LogP contribution >= 0.6 is 15.9 Å². The molecule has 1 aromatic heterocycles. The van der Waals surface area contributed by atoms with Gasteiger partial charge in [0.05, 0.1) is 5.69 Å². The van der Waals surface area contributed by atoms with Crippen molar-refractivity contribution in [3.63, 3.8) is 0 Å². The van der Waals surface area contributed by atoms with E-state index < -0.39 is 0 Å². The van der Waals surface area contributed by atoms with Gasteiger partial charge in [-0.2, -0.15) is 0 Å². The van der Waals surface area contributed by atoms with Gasteiger partial charge < -0.3 is 4.42 Å². The van der Waals surface area contributed by atoms with E-state index >= 15 is 0 Å². The van der Waals surface area contributed by atoms with Gasteiger partial charge in [-0.15, -0.1) is 0 Å². The summed E-state index contributed by atoms with van der Waals surface area (Å²) in [4.78, 5) is 6.63. The lowest BCUT2D eigenvalue weighted by molar-refractivity contribution is 0.314. The number of rotatable bonds is 5. The standard InChI is InChI=1S/C18H16BrFN2O/c1-22(10-14-4-2-3-5-17(14)19)11-16-12-23-18(21-16)13-6-8-15(20)9-7-13/h2-9,12H,10-11H2,1H3. The first-order chi connectivity index (χ1) is 11.1. The molecule has 0 unspecified atom stereocenters. The number of aromatic nitrogens is 1. The average molecular weight is 375 g/mol. The smallest absolute Gasteiger partial charge is 0.226 e. The number of halogens is 2. The van der Waals surface area contributed by atoms with Crippen LogP contribution in [0.2, 0.25) is 0 Å². The van der Waals surface area contributed by atoms with E-state index in [1.807, 2.05) is 25.2 Å². The van der Waals surface area contributed by atoms with Crippen LogP contribution in [0.5, 0.6) is 0 Å². The van der Waals surface area contributed by atoms with E-state index in [-0.39, 0.29) is 5.82 Å². The lowest BCUT2D eigenvalue weighted by Crippen LogP contribution is -2.17. The molecule has 0 spiro atoms. The van der Waals surface area contributed by atoms with Gasteiger partial charge in [-0.25, -0.2) is 9.37 Å². The second kappa shape index (κ2) is 7.06. The highest BCUT2D eigenvalue weighted by molar-refractivity contribution is 9.10. The molecule has 0 aliphatic heterocycles. The van der Waals surface area contributed by atoms with Crippen LogP contribution in [0, 0.1) is 5.82 Å². The molecule has 0 bridgehead atoms. The molecule has 2 aromatic carbocycles. The Bertz CT molecular complexity index is 786. The van der Waals surface area contributed by atoms with Crippen molar-refractivity contribution in [2.45, 2.75) is 13.1 Å². The third kappa shape index (κ3) is 4.06. The van der Waals surface area contributed by atoms with E-state index in [1.54, 1.807) is 18.4 Å². The Morgan fingerprint density at radius 1 is 1.09 bits per heavy atom. The Balaban J connectivity index is 1.67. The lowest BCUT2D eigenvalue weighted by atomic mass is 10.2. The van der Waals surface area contributed by atoms with Crippen molar-refractivity contribution in [3.8, 4) is 11.5 Å². The molecule has 3 nitrogen and oxygen atoms in total. The predicted octanol–water partition coefficient (Wildman–Crippen LogP) is 4.88. The molecule has 3 aromatic rings. The third-order valence-electron chi connectivity index (χ3n) is 3.47. The first kappa shape index (κ1) is 15.9. The van der Waals surface area contributed by atoms with Crippen molar-refractivity contribution in [1.82, 2.24) is 9.88 Å². The topological polar surface area (TPSA) is 29.3 Å². The van der Waals surface area contributed by atoms with Gasteiger partial charge in [0.2, 0.25) is 5.89 Å². The molecule has 0 saturated heterocycles. The zero-order chi connectivity index (χ0) is 16.2. The molecule has 0 radical (unpaired) electrons. The predicted molar refractivity (Wildman–Crippen MR) is 91.2 cm³/mol. The molecule has 5 heteroatoms. The van der Waals surface area contributed by atoms with E-state index in [9.17, 15) is 4.39 Å². The summed E-state index contributed by atoms with van der Waals surface area (Å²) in [5.74, 6) is 0.239. The number of hydrogen-bond acceptors (Lipinski definition) is 3. The fourth-order valence-corrected chi connectivity index (χ4v) is 2.76. The summed E-state index contributed by atoms with van der Waals surface area (Å²) in [7, 11) is 2.03. The minimum atomic E-state index is -0.270. The summed E-state index contributed by atoms with van der Waals surface area (Å²) in [5.41, 5.74) is 2.84. The molecular formula is C18H16BrFN2O. The van der Waals surface area contributed by atoms with E-state index in [0.29, 0.717) is 12.4 Å². The molecule has 0 amide bonds. The van der Waals surface area contributed by atoms with Crippen LogP contribution in [-0.2, 0) is 13.1 Å². The summed E-state index contributed by atoms with van der Waals surface area (Å²) >= 11 is 3.56. The minimum absolute atomic E-state index is 0.270. The highest BCUT2D eigenvalue weighted by atomic mass is 79.9. The quantitative estimate of drug-likeness (QED) is 0.637. The van der Waals surface area contributed by atoms with E-state index in [0.717, 1.165) is 22.3 Å². The fourth-order valence-electron chi connectivity index (χ4n) is 2.35. The van der Waals surface area contributed by atoms with Gasteiger partial charge in [0.25, 0.3) is 0 Å². The lowest BCUT2D eigenvalue weighted by Gasteiger charge is -2.15. The van der Waals surface area contributed by atoms with Gasteiger partial charge in [-0.3, -0.25) is 4.90 Å². The Labute approximate surface area is 142 Å². The van der Waals surface area contributed by atoms with Crippen LogP contribution in [-0.4, -0.2) is 16.9 Å². The van der Waals surface area contributed by atoms with Gasteiger partial charge in [-0.1, -0.05) is 34.1 Å². The molecule has 23 heavy (non-hydrogen) atoms. The highest BCUT2D eigenvalue weighted by Gasteiger charge is 2.10. The van der Waals surface area contributed by atoms with Gasteiger partial charge in [0.1, 0.15) is 12.1 Å². The van der Waals surface area contributed by atoms with Gasteiger partial charge in [-0.05, 0) is 42.9 Å². The average Bonchev–Trinajstić information content (AvgIpc) is 2.98. The van der Waals surface area contributed by atoms with Crippen molar-refractivity contribution in [1.29, 1.82) is 0 Å². The molecule has 118 valence electrons. The van der Waals surface area contributed by atoms with Crippen molar-refractivity contribution in [2.75, 3.05) is 7.05 Å². The van der Waals surface area contributed by atoms with Crippen LogP contribution in [0.1, 0.15) is 11.3 Å². The number of oxazole rings is 1. The van der Waals surface area contributed by atoms with Crippen molar-refractivity contribution in [2.24, 2.45) is 0 Å². The summed E-state index contributed by atoms with van der Waals surface area (Å²) in [5, 5.41) is 0. The van der Waals surface area contributed by atoms with E-state index in [2.05, 4.69) is 31.9 Å². The van der Waals surface area contributed by atoms with Crippen LogP contribution in [0.15, 0.2) is 63.7 Å². The Kier molecular flexibility index (Phi) is 4.88. The first-order valence-corrected chi connectivity index (χ1v) is 8.03. The van der Waals surface area contributed by atoms with Crippen molar-refractivity contribution < 1.29 is 8.81 Å². The number of benzene rings is 2. The summed E-state index contributed by atoms with van der Waals surface area (Å²) in [6.07, 6.45) is 1.65. The zero-order valence-corrected chi connectivity index (χ0v) is 14.3. The van der Waals surface area contributed by atoms with Gasteiger partial charge >= 0.3 is 0 Å². The Hall–Kier alpha value is -1.98. The van der Waals surface area contributed by atoms with Gasteiger partial charge in [0.15, 0.2) is 0 Å². The van der Waals surface area contributed by atoms with Gasteiger partial charge in [0, 0.05) is 23.1 Å². The minimum Gasteiger partial charge on any atom is -0.444 e. The van der Waals surface area contributed by atoms with Crippen LogP contribution in [0.4, 0.5) is 4.39 Å². The number of hydrogen-bond donors (Lipinski definition) is 0. The number of nitrogens with zero attached hydrogens (tertiary/aromatic N) is 2. The van der Waals surface area contributed by atoms with Crippen molar-refractivity contribution >= 4 is 15.9 Å². The van der Waals surface area contributed by atoms with E-state index in [4.69, 9.17) is 4.42 Å². The zero-order valence-electron chi connectivity index (χ0n) is 12.7. The fraction of sp³-hybridized carbons (Fsp3) is 0.167. The monoisotopic (exact) mass is 374 g/mol. The maximum atomic E-state index is 13.0. The summed E-state index contributed by atoms with van der Waals surface area (Å²) in [6.45, 7) is 1.48. The molecule has 0 atom stereocenters. The highest BCUT2D eigenvalue weighted by Crippen LogP contribution is 2.21.